The molecule has 3 aliphatic heterocycles. The number of aromatic nitrogens is 1. The molecule has 3 saturated heterocycles. The van der Waals surface area contributed by atoms with Crippen molar-refractivity contribution in [3.05, 3.63) is 46.2 Å². The van der Waals surface area contributed by atoms with Crippen molar-refractivity contribution in [2.45, 2.75) is 95.9 Å². The number of hydrogen-bond acceptors (Lipinski definition) is 6. The first kappa shape index (κ1) is 30.2. The summed E-state index contributed by atoms with van der Waals surface area (Å²) in [5.74, 6) is -0.300. The van der Waals surface area contributed by atoms with Crippen molar-refractivity contribution in [3.63, 3.8) is 0 Å². The number of hydrogen-bond donors (Lipinski definition) is 1. The van der Waals surface area contributed by atoms with Crippen molar-refractivity contribution in [1.29, 1.82) is 0 Å². The summed E-state index contributed by atoms with van der Waals surface area (Å²) in [7, 11) is -3.30. The van der Waals surface area contributed by atoms with Gasteiger partial charge < -0.3 is 14.8 Å². The summed E-state index contributed by atoms with van der Waals surface area (Å²) < 4.78 is 29.0. The largest absolute Gasteiger partial charge is 0.349 e. The smallest absolute Gasteiger partial charge is 0.264 e. The van der Waals surface area contributed by atoms with E-state index in [0.717, 1.165) is 82.0 Å². The van der Waals surface area contributed by atoms with Gasteiger partial charge in [0.15, 0.2) is 0 Å². The SMILES string of the molecule is CCCN1CCC(N(CCN2C3CCC2CC(NC(=O)c2cc4ccccc4n(C(C)C)c2=O)C3)S(C)(=O)=O)CC1. The van der Waals surface area contributed by atoms with Gasteiger partial charge in [0.05, 0.1) is 11.8 Å². The van der Waals surface area contributed by atoms with Gasteiger partial charge in [0.1, 0.15) is 5.56 Å². The molecule has 0 radical (unpaired) electrons. The number of nitrogens with zero attached hydrogens (tertiary/aromatic N) is 4. The summed E-state index contributed by atoms with van der Waals surface area (Å²) in [5, 5.41) is 4.08. The lowest BCUT2D eigenvalue weighted by molar-refractivity contribution is 0.0806. The molecular weight excluding hydrogens is 538 g/mol. The third-order valence-corrected chi connectivity index (χ3v) is 10.8. The van der Waals surface area contributed by atoms with Crippen LogP contribution in [0.15, 0.2) is 35.1 Å². The zero-order valence-electron chi connectivity index (χ0n) is 25.1. The minimum atomic E-state index is -3.30. The van der Waals surface area contributed by atoms with Gasteiger partial charge in [-0.3, -0.25) is 14.5 Å². The van der Waals surface area contributed by atoms with Crippen molar-refractivity contribution in [2.75, 3.05) is 39.0 Å². The summed E-state index contributed by atoms with van der Waals surface area (Å²) in [6.45, 7) is 10.3. The van der Waals surface area contributed by atoms with E-state index in [1.165, 1.54) is 6.26 Å². The van der Waals surface area contributed by atoms with Crippen molar-refractivity contribution in [2.24, 2.45) is 0 Å². The van der Waals surface area contributed by atoms with Crippen molar-refractivity contribution >= 4 is 26.8 Å². The van der Waals surface area contributed by atoms with Crippen molar-refractivity contribution < 1.29 is 13.2 Å². The Morgan fingerprint density at radius 2 is 1.71 bits per heavy atom. The van der Waals surface area contributed by atoms with Gasteiger partial charge in [0.2, 0.25) is 10.0 Å². The number of rotatable bonds is 10. The minimum Gasteiger partial charge on any atom is -0.349 e. The highest BCUT2D eigenvalue weighted by Crippen LogP contribution is 2.36. The van der Waals surface area contributed by atoms with Crippen LogP contribution in [0.25, 0.3) is 10.9 Å². The number of para-hydroxylation sites is 1. The van der Waals surface area contributed by atoms with Gasteiger partial charge in [-0.25, -0.2) is 8.42 Å². The third-order valence-electron chi connectivity index (χ3n) is 9.43. The standard InChI is InChI=1S/C31H47N5O4S/c1-5-14-33-15-12-25(13-16-33)35(41(4,39)40)18-17-34-26-10-11-27(34)21-24(20-26)32-30(37)28-19-23-8-6-7-9-29(23)36(22(2)3)31(28)38/h6-9,19,22,24-27H,5,10-18,20-21H2,1-4H3,(H,32,37). The number of amides is 1. The van der Waals surface area contributed by atoms with E-state index in [1.807, 2.05) is 38.1 Å². The van der Waals surface area contributed by atoms with Gasteiger partial charge in [0.25, 0.3) is 11.5 Å². The Morgan fingerprint density at radius 3 is 2.32 bits per heavy atom. The molecule has 0 spiro atoms. The maximum atomic E-state index is 13.4. The van der Waals surface area contributed by atoms with Crippen molar-refractivity contribution in [1.82, 2.24) is 24.0 Å². The molecule has 2 unspecified atom stereocenters. The first-order valence-electron chi connectivity index (χ1n) is 15.5. The molecule has 1 N–H and O–H groups in total. The summed E-state index contributed by atoms with van der Waals surface area (Å²) >= 11 is 0. The molecule has 0 saturated carbocycles. The number of piperidine rings is 2. The van der Waals surface area contributed by atoms with E-state index in [1.54, 1.807) is 14.9 Å². The fourth-order valence-electron chi connectivity index (χ4n) is 7.56. The maximum absolute atomic E-state index is 13.4. The van der Waals surface area contributed by atoms with E-state index in [4.69, 9.17) is 0 Å². The number of carbonyl (C=O) groups excluding carboxylic acids is 1. The van der Waals surface area contributed by atoms with Crippen LogP contribution < -0.4 is 10.9 Å². The van der Waals surface area contributed by atoms with Crippen LogP contribution in [-0.4, -0.2) is 96.1 Å². The van der Waals surface area contributed by atoms with E-state index in [9.17, 15) is 18.0 Å². The molecule has 2 bridgehead atoms. The highest BCUT2D eigenvalue weighted by molar-refractivity contribution is 7.88. The molecule has 1 aromatic heterocycles. The Labute approximate surface area is 244 Å². The van der Waals surface area contributed by atoms with Gasteiger partial charge >= 0.3 is 0 Å². The van der Waals surface area contributed by atoms with Crippen LogP contribution >= 0.6 is 0 Å². The lowest BCUT2D eigenvalue weighted by atomic mass is 9.96. The van der Waals surface area contributed by atoms with E-state index in [0.29, 0.717) is 18.6 Å². The summed E-state index contributed by atoms with van der Waals surface area (Å²) in [6, 6.07) is 10.1. The average molecular weight is 586 g/mol. The topological polar surface area (TPSA) is 95.0 Å². The fourth-order valence-corrected chi connectivity index (χ4v) is 8.73. The van der Waals surface area contributed by atoms with Crippen LogP contribution in [0.3, 0.4) is 0 Å². The second-order valence-corrected chi connectivity index (χ2v) is 14.5. The first-order chi connectivity index (χ1) is 19.6. The quantitative estimate of drug-likeness (QED) is 0.459. The van der Waals surface area contributed by atoms with E-state index in [-0.39, 0.29) is 35.2 Å². The van der Waals surface area contributed by atoms with Gasteiger partial charge in [0, 0.05) is 43.3 Å². The number of fused-ring (bicyclic) bond motifs is 3. The zero-order chi connectivity index (χ0) is 29.3. The molecule has 2 aromatic rings. The highest BCUT2D eigenvalue weighted by Gasteiger charge is 2.42. The minimum absolute atomic E-state index is 0.00326. The van der Waals surface area contributed by atoms with Gasteiger partial charge in [-0.05, 0) is 95.9 Å². The van der Waals surface area contributed by atoms with Crippen LogP contribution in [0.1, 0.15) is 82.1 Å². The van der Waals surface area contributed by atoms with Crippen LogP contribution in [-0.2, 0) is 10.0 Å². The summed E-state index contributed by atoms with van der Waals surface area (Å²) in [6.07, 6.45) is 8.01. The highest BCUT2D eigenvalue weighted by atomic mass is 32.2. The molecule has 9 nitrogen and oxygen atoms in total. The lowest BCUT2D eigenvalue weighted by Crippen LogP contribution is -2.54. The molecule has 10 heteroatoms. The Balaban J connectivity index is 1.22. The number of carbonyl (C=O) groups is 1. The van der Waals surface area contributed by atoms with Gasteiger partial charge in [-0.2, -0.15) is 4.31 Å². The molecule has 2 atom stereocenters. The number of likely N-dealkylation sites (tertiary alicyclic amines) is 1. The first-order valence-corrected chi connectivity index (χ1v) is 17.3. The fraction of sp³-hybridized carbons (Fsp3) is 0.677. The molecule has 226 valence electrons. The second-order valence-electron chi connectivity index (χ2n) is 12.6. The van der Waals surface area contributed by atoms with Gasteiger partial charge in [-0.1, -0.05) is 25.1 Å². The maximum Gasteiger partial charge on any atom is 0.264 e. The van der Waals surface area contributed by atoms with Gasteiger partial charge in [-0.15, -0.1) is 0 Å². The predicted molar refractivity (Wildman–Crippen MR) is 164 cm³/mol. The van der Waals surface area contributed by atoms with Crippen LogP contribution in [0.5, 0.6) is 0 Å². The average Bonchev–Trinajstić information content (AvgIpc) is 3.15. The number of sulfonamides is 1. The molecule has 3 aliphatic rings. The summed E-state index contributed by atoms with van der Waals surface area (Å²) in [4.78, 5) is 31.7. The van der Waals surface area contributed by atoms with Crippen molar-refractivity contribution in [3.8, 4) is 0 Å². The Morgan fingerprint density at radius 1 is 1.05 bits per heavy atom. The number of benzene rings is 1. The van der Waals surface area contributed by atoms with E-state index >= 15 is 0 Å². The summed E-state index contributed by atoms with van der Waals surface area (Å²) in [5.41, 5.74) is 0.781. The lowest BCUT2D eigenvalue weighted by Gasteiger charge is -2.41. The molecular formula is C31H47N5O4S. The molecule has 3 fully saturated rings. The Bertz CT molecular complexity index is 1380. The molecule has 1 aromatic carbocycles. The normalized spacial score (nSPS) is 24.5. The predicted octanol–water partition coefficient (Wildman–Crippen LogP) is 3.44. The van der Waals surface area contributed by atoms with E-state index in [2.05, 4.69) is 22.0 Å². The molecule has 1 amide bonds. The second kappa shape index (κ2) is 12.5. The Hall–Kier alpha value is -2.27. The monoisotopic (exact) mass is 585 g/mol. The Kier molecular flexibility index (Phi) is 9.23. The number of nitrogens with one attached hydrogen (secondary N) is 1. The third kappa shape index (κ3) is 6.55. The molecule has 0 aliphatic carbocycles. The van der Waals surface area contributed by atoms with E-state index < -0.39 is 10.0 Å². The molecule has 41 heavy (non-hydrogen) atoms. The molecule has 4 heterocycles. The van der Waals surface area contributed by atoms with Crippen LogP contribution in [0, 0.1) is 0 Å². The zero-order valence-corrected chi connectivity index (χ0v) is 25.9. The van der Waals surface area contributed by atoms with Crippen LogP contribution in [0.2, 0.25) is 0 Å². The number of pyridine rings is 1. The molecule has 5 rings (SSSR count). The van der Waals surface area contributed by atoms with Crippen LogP contribution in [0.4, 0.5) is 0 Å².